The number of hydrogen-bond donors (Lipinski definition) is 1. The Morgan fingerprint density at radius 2 is 1.76 bits per heavy atom. The summed E-state index contributed by atoms with van der Waals surface area (Å²) in [6.45, 7) is 3.05. The van der Waals surface area contributed by atoms with Gasteiger partial charge in [-0.25, -0.2) is 8.42 Å². The molecule has 0 heterocycles. The average molecular weight is 544 g/mol. The first-order chi connectivity index (χ1) is 17.3. The van der Waals surface area contributed by atoms with E-state index in [1.807, 2.05) is 6.92 Å². The van der Waals surface area contributed by atoms with Crippen LogP contribution in [0.3, 0.4) is 0 Å². The Kier molecular flexibility index (Phi) is 10.4. The van der Waals surface area contributed by atoms with E-state index in [1.54, 1.807) is 24.3 Å². The minimum atomic E-state index is -4.70. The Labute approximate surface area is 215 Å². The van der Waals surface area contributed by atoms with Gasteiger partial charge in [-0.3, -0.25) is 13.9 Å². The van der Waals surface area contributed by atoms with Crippen molar-refractivity contribution in [3.8, 4) is 5.75 Å². The van der Waals surface area contributed by atoms with Gasteiger partial charge in [-0.05, 0) is 49.2 Å². The summed E-state index contributed by atoms with van der Waals surface area (Å²) >= 11 is 0. The molecular formula is C25H32F3N3O5S. The molecule has 2 amide bonds. The third-order valence-corrected chi connectivity index (χ3v) is 6.79. The highest BCUT2D eigenvalue weighted by Gasteiger charge is 2.33. The van der Waals surface area contributed by atoms with E-state index in [9.17, 15) is 31.2 Å². The monoisotopic (exact) mass is 543 g/mol. The summed E-state index contributed by atoms with van der Waals surface area (Å²) in [5.41, 5.74) is -0.715. The van der Waals surface area contributed by atoms with Gasteiger partial charge in [-0.2, -0.15) is 13.2 Å². The Morgan fingerprint density at radius 3 is 2.30 bits per heavy atom. The molecule has 1 N–H and O–H groups in total. The minimum Gasteiger partial charge on any atom is -0.497 e. The first kappa shape index (κ1) is 29.9. The molecule has 8 nitrogen and oxygen atoms in total. The fourth-order valence-electron chi connectivity index (χ4n) is 3.50. The van der Waals surface area contributed by atoms with Gasteiger partial charge in [0.1, 0.15) is 18.3 Å². The summed E-state index contributed by atoms with van der Waals surface area (Å²) in [6.07, 6.45) is -2.31. The maximum Gasteiger partial charge on any atom is 0.416 e. The lowest BCUT2D eigenvalue weighted by Crippen LogP contribution is -2.51. The van der Waals surface area contributed by atoms with Gasteiger partial charge in [-0.15, -0.1) is 0 Å². The molecular weight excluding hydrogens is 511 g/mol. The van der Waals surface area contributed by atoms with E-state index in [2.05, 4.69) is 5.32 Å². The number of nitrogens with zero attached hydrogens (tertiary/aromatic N) is 2. The SMILES string of the molecule is CCCCNC(=O)C(C)N(Cc1ccc(OC)cc1)C(=O)CN(c1cccc(C(F)(F)F)c1)S(C)(=O)=O. The number of amides is 2. The second-order valence-electron chi connectivity index (χ2n) is 8.51. The van der Waals surface area contributed by atoms with Crippen molar-refractivity contribution in [2.24, 2.45) is 0 Å². The molecule has 1 atom stereocenters. The zero-order chi connectivity index (χ0) is 27.8. The van der Waals surface area contributed by atoms with E-state index in [1.165, 1.54) is 25.0 Å². The zero-order valence-corrected chi connectivity index (χ0v) is 22.0. The predicted molar refractivity (Wildman–Crippen MR) is 135 cm³/mol. The number of carbonyl (C=O) groups is 2. The third-order valence-electron chi connectivity index (χ3n) is 5.65. The molecule has 12 heteroatoms. The average Bonchev–Trinajstić information content (AvgIpc) is 2.84. The van der Waals surface area contributed by atoms with Crippen molar-refractivity contribution in [2.45, 2.75) is 45.5 Å². The van der Waals surface area contributed by atoms with Gasteiger partial charge in [-0.1, -0.05) is 31.5 Å². The summed E-state index contributed by atoms with van der Waals surface area (Å²) < 4.78 is 70.5. The van der Waals surface area contributed by atoms with Crippen molar-refractivity contribution in [1.29, 1.82) is 0 Å². The van der Waals surface area contributed by atoms with Crippen LogP contribution in [0.1, 0.15) is 37.8 Å². The molecule has 0 fully saturated rings. The number of benzene rings is 2. The van der Waals surface area contributed by atoms with Gasteiger partial charge in [0.2, 0.25) is 21.8 Å². The van der Waals surface area contributed by atoms with Crippen LogP contribution in [0.15, 0.2) is 48.5 Å². The maximum atomic E-state index is 13.5. The Morgan fingerprint density at radius 1 is 1.11 bits per heavy atom. The number of ether oxygens (including phenoxy) is 1. The molecule has 0 spiro atoms. The number of anilines is 1. The molecule has 0 saturated carbocycles. The fourth-order valence-corrected chi connectivity index (χ4v) is 4.34. The van der Waals surface area contributed by atoms with Crippen LogP contribution >= 0.6 is 0 Å². The van der Waals surface area contributed by atoms with E-state index < -0.39 is 46.2 Å². The Bertz CT molecular complexity index is 1170. The van der Waals surface area contributed by atoms with Crippen molar-refractivity contribution in [1.82, 2.24) is 10.2 Å². The molecule has 0 aliphatic rings. The molecule has 0 aliphatic carbocycles. The lowest BCUT2D eigenvalue weighted by Gasteiger charge is -2.31. The van der Waals surface area contributed by atoms with E-state index in [-0.39, 0.29) is 12.2 Å². The summed E-state index contributed by atoms with van der Waals surface area (Å²) in [6, 6.07) is 9.50. The van der Waals surface area contributed by atoms with E-state index >= 15 is 0 Å². The minimum absolute atomic E-state index is 0.0363. The summed E-state index contributed by atoms with van der Waals surface area (Å²) in [7, 11) is -2.65. The lowest BCUT2D eigenvalue weighted by molar-refractivity contribution is -0.139. The van der Waals surface area contributed by atoms with Crippen molar-refractivity contribution < 1.29 is 35.9 Å². The Balaban J connectivity index is 2.40. The van der Waals surface area contributed by atoms with Crippen molar-refractivity contribution in [2.75, 3.05) is 30.8 Å². The number of unbranched alkanes of at least 4 members (excludes halogenated alkanes) is 1. The molecule has 2 aromatic carbocycles. The highest BCUT2D eigenvalue weighted by Crippen LogP contribution is 2.32. The van der Waals surface area contributed by atoms with Gasteiger partial charge in [0, 0.05) is 13.1 Å². The van der Waals surface area contributed by atoms with Crippen LogP contribution in [0.25, 0.3) is 0 Å². The summed E-state index contributed by atoms with van der Waals surface area (Å²) in [4.78, 5) is 27.4. The molecule has 0 aliphatic heterocycles. The molecule has 2 aromatic rings. The van der Waals surface area contributed by atoms with Crippen molar-refractivity contribution >= 4 is 27.5 Å². The topological polar surface area (TPSA) is 96.0 Å². The molecule has 2 rings (SSSR count). The van der Waals surface area contributed by atoms with Gasteiger partial charge in [0.05, 0.1) is 24.6 Å². The molecule has 37 heavy (non-hydrogen) atoms. The molecule has 1 unspecified atom stereocenters. The first-order valence-electron chi connectivity index (χ1n) is 11.6. The van der Waals surface area contributed by atoms with Crippen LogP contribution in [0.2, 0.25) is 0 Å². The number of rotatable bonds is 12. The van der Waals surface area contributed by atoms with Crippen LogP contribution in [-0.4, -0.2) is 57.6 Å². The largest absolute Gasteiger partial charge is 0.497 e. The second kappa shape index (κ2) is 12.8. The number of carbonyl (C=O) groups excluding carboxylic acids is 2. The van der Waals surface area contributed by atoms with Crippen LogP contribution < -0.4 is 14.4 Å². The van der Waals surface area contributed by atoms with E-state index in [0.29, 0.717) is 28.2 Å². The van der Waals surface area contributed by atoms with Crippen LogP contribution in [0.5, 0.6) is 5.75 Å². The zero-order valence-electron chi connectivity index (χ0n) is 21.2. The number of halogens is 3. The van der Waals surface area contributed by atoms with Gasteiger partial charge in [0.15, 0.2) is 0 Å². The number of methoxy groups -OCH3 is 1. The number of nitrogens with one attached hydrogen (secondary N) is 1. The Hall–Kier alpha value is -3.28. The standard InChI is InChI=1S/C25H32F3N3O5S/c1-5-6-14-29-24(33)18(2)30(16-19-10-12-22(36-3)13-11-19)23(32)17-31(37(4,34)35)21-9-7-8-20(15-21)25(26,27)28/h7-13,15,18H,5-6,14,16-17H2,1-4H3,(H,29,33). The predicted octanol–water partition coefficient (Wildman–Crippen LogP) is 3.81. The number of alkyl halides is 3. The van der Waals surface area contributed by atoms with Gasteiger partial charge >= 0.3 is 6.18 Å². The number of hydrogen-bond acceptors (Lipinski definition) is 5. The molecule has 204 valence electrons. The molecule has 0 radical (unpaired) electrons. The highest BCUT2D eigenvalue weighted by molar-refractivity contribution is 7.92. The number of sulfonamides is 1. The second-order valence-corrected chi connectivity index (χ2v) is 10.4. The van der Waals surface area contributed by atoms with E-state index in [0.717, 1.165) is 31.2 Å². The van der Waals surface area contributed by atoms with Crippen LogP contribution in [-0.2, 0) is 32.3 Å². The quantitative estimate of drug-likeness (QED) is 0.411. The fraction of sp³-hybridized carbons (Fsp3) is 0.440. The van der Waals surface area contributed by atoms with Crippen molar-refractivity contribution in [3.63, 3.8) is 0 Å². The smallest absolute Gasteiger partial charge is 0.416 e. The van der Waals surface area contributed by atoms with Gasteiger partial charge in [0.25, 0.3) is 0 Å². The third kappa shape index (κ3) is 8.66. The van der Waals surface area contributed by atoms with Crippen molar-refractivity contribution in [3.05, 3.63) is 59.7 Å². The summed E-state index contributed by atoms with van der Waals surface area (Å²) in [5.74, 6) is -0.600. The molecule has 0 aromatic heterocycles. The van der Waals surface area contributed by atoms with E-state index in [4.69, 9.17) is 4.74 Å². The van der Waals surface area contributed by atoms with Crippen LogP contribution in [0, 0.1) is 0 Å². The molecule has 0 saturated heterocycles. The highest BCUT2D eigenvalue weighted by atomic mass is 32.2. The lowest BCUT2D eigenvalue weighted by atomic mass is 10.1. The van der Waals surface area contributed by atoms with Crippen LogP contribution in [0.4, 0.5) is 18.9 Å². The van der Waals surface area contributed by atoms with Gasteiger partial charge < -0.3 is 15.0 Å². The molecule has 0 bridgehead atoms. The summed E-state index contributed by atoms with van der Waals surface area (Å²) in [5, 5.41) is 2.75. The first-order valence-corrected chi connectivity index (χ1v) is 13.5. The normalized spacial score (nSPS) is 12.5. The maximum absolute atomic E-state index is 13.5.